The third kappa shape index (κ3) is 4.04. The van der Waals surface area contributed by atoms with Crippen molar-refractivity contribution in [2.45, 2.75) is 57.1 Å². The van der Waals surface area contributed by atoms with E-state index in [-0.39, 0.29) is 17.9 Å². The number of nitrogens with zero attached hydrogens (tertiary/aromatic N) is 1. The van der Waals surface area contributed by atoms with Crippen molar-refractivity contribution in [3.8, 4) is 5.75 Å². The minimum atomic E-state index is -0.598. The highest BCUT2D eigenvalue weighted by Crippen LogP contribution is 2.49. The third-order valence-corrected chi connectivity index (χ3v) is 6.05. The van der Waals surface area contributed by atoms with Crippen LogP contribution in [0.15, 0.2) is 24.3 Å². The Bertz CT molecular complexity index is 604. The number of fused-ring (bicyclic) bond motifs is 1. The lowest BCUT2D eigenvalue weighted by molar-refractivity contribution is -0.137. The monoisotopic (exact) mass is 360 g/mol. The summed E-state index contributed by atoms with van der Waals surface area (Å²) in [6, 6.07) is 8.19. The zero-order chi connectivity index (χ0) is 18.6. The number of benzene rings is 1. The molecule has 1 aromatic rings. The summed E-state index contributed by atoms with van der Waals surface area (Å²) in [5.74, 6) is 1.08. The number of hydrogen-bond donors (Lipinski definition) is 2. The van der Waals surface area contributed by atoms with Gasteiger partial charge in [-0.15, -0.1) is 0 Å². The summed E-state index contributed by atoms with van der Waals surface area (Å²) in [5.41, 5.74) is 0.568. The molecule has 1 amide bonds. The van der Waals surface area contributed by atoms with Crippen LogP contribution in [0, 0.1) is 5.92 Å². The standard InChI is InChI=1S/C21H32N2O3/c1-3-13-22-19(24)15-23-14-12-21(25)11-5-4-6-18(21)20(23)16-7-9-17(26-2)10-8-16/h7-10,18,20,25H,3-6,11-15H2,1-2H3,(H,22,24). The molecule has 2 N–H and O–H groups in total. The molecule has 5 nitrogen and oxygen atoms in total. The summed E-state index contributed by atoms with van der Waals surface area (Å²) < 4.78 is 5.29. The molecular weight excluding hydrogens is 328 g/mol. The van der Waals surface area contributed by atoms with Gasteiger partial charge in [-0.1, -0.05) is 31.9 Å². The molecule has 1 heterocycles. The van der Waals surface area contributed by atoms with E-state index in [4.69, 9.17) is 4.74 Å². The topological polar surface area (TPSA) is 61.8 Å². The van der Waals surface area contributed by atoms with Crippen LogP contribution in [0.4, 0.5) is 0 Å². The van der Waals surface area contributed by atoms with Crippen LogP contribution in [0.2, 0.25) is 0 Å². The fourth-order valence-corrected chi connectivity index (χ4v) is 4.67. The van der Waals surface area contributed by atoms with Gasteiger partial charge < -0.3 is 15.2 Å². The van der Waals surface area contributed by atoms with E-state index < -0.39 is 5.60 Å². The smallest absolute Gasteiger partial charge is 0.234 e. The lowest BCUT2D eigenvalue weighted by Crippen LogP contribution is -2.56. The molecule has 0 bridgehead atoms. The van der Waals surface area contributed by atoms with Crippen molar-refractivity contribution >= 4 is 5.91 Å². The van der Waals surface area contributed by atoms with Crippen molar-refractivity contribution in [1.29, 1.82) is 0 Å². The van der Waals surface area contributed by atoms with Gasteiger partial charge in [0.05, 0.1) is 19.3 Å². The number of ether oxygens (including phenoxy) is 1. The Balaban J connectivity index is 1.85. The quantitative estimate of drug-likeness (QED) is 0.819. The third-order valence-electron chi connectivity index (χ3n) is 6.05. The highest BCUT2D eigenvalue weighted by atomic mass is 16.5. The number of hydrogen-bond acceptors (Lipinski definition) is 4. The van der Waals surface area contributed by atoms with Crippen LogP contribution in [0.3, 0.4) is 0 Å². The summed E-state index contributed by atoms with van der Waals surface area (Å²) >= 11 is 0. The van der Waals surface area contributed by atoms with Gasteiger partial charge in [0.1, 0.15) is 5.75 Å². The minimum absolute atomic E-state index is 0.0756. The second-order valence-electron chi connectivity index (χ2n) is 7.74. The van der Waals surface area contributed by atoms with Crippen LogP contribution in [-0.2, 0) is 4.79 Å². The number of rotatable bonds is 6. The van der Waals surface area contributed by atoms with Gasteiger partial charge in [0.15, 0.2) is 0 Å². The fourth-order valence-electron chi connectivity index (χ4n) is 4.67. The molecule has 3 rings (SSSR count). The zero-order valence-corrected chi connectivity index (χ0v) is 16.0. The van der Waals surface area contributed by atoms with Crippen molar-refractivity contribution < 1.29 is 14.6 Å². The molecular formula is C21H32N2O3. The summed E-state index contributed by atoms with van der Waals surface area (Å²) in [4.78, 5) is 14.6. The average molecular weight is 360 g/mol. The van der Waals surface area contributed by atoms with Gasteiger partial charge in [-0.05, 0) is 43.4 Å². The maximum absolute atomic E-state index is 12.4. The van der Waals surface area contributed by atoms with E-state index in [0.29, 0.717) is 13.1 Å². The van der Waals surface area contributed by atoms with Crippen LogP contribution >= 0.6 is 0 Å². The first-order chi connectivity index (χ1) is 12.6. The molecule has 0 radical (unpaired) electrons. The van der Waals surface area contributed by atoms with Gasteiger partial charge in [-0.2, -0.15) is 0 Å². The van der Waals surface area contributed by atoms with Crippen LogP contribution in [0.5, 0.6) is 5.75 Å². The van der Waals surface area contributed by atoms with Crippen molar-refractivity contribution in [3.63, 3.8) is 0 Å². The fraction of sp³-hybridized carbons (Fsp3) is 0.667. The van der Waals surface area contributed by atoms with Gasteiger partial charge in [0.2, 0.25) is 5.91 Å². The molecule has 1 aromatic carbocycles. The lowest BCUT2D eigenvalue weighted by Gasteiger charge is -2.52. The molecule has 1 aliphatic carbocycles. The van der Waals surface area contributed by atoms with Crippen LogP contribution in [-0.4, -0.2) is 48.3 Å². The molecule has 1 saturated heterocycles. The highest BCUT2D eigenvalue weighted by molar-refractivity contribution is 5.78. The maximum Gasteiger partial charge on any atom is 0.234 e. The molecule has 3 atom stereocenters. The van der Waals surface area contributed by atoms with Gasteiger partial charge >= 0.3 is 0 Å². The summed E-state index contributed by atoms with van der Waals surface area (Å²) in [6.45, 7) is 3.92. The van der Waals surface area contributed by atoms with Crippen molar-refractivity contribution in [2.24, 2.45) is 5.92 Å². The van der Waals surface area contributed by atoms with Crippen LogP contribution < -0.4 is 10.1 Å². The average Bonchev–Trinajstić information content (AvgIpc) is 2.66. The molecule has 26 heavy (non-hydrogen) atoms. The molecule has 5 heteroatoms. The summed E-state index contributed by atoms with van der Waals surface area (Å²) in [7, 11) is 1.67. The van der Waals surface area contributed by atoms with E-state index in [9.17, 15) is 9.90 Å². The minimum Gasteiger partial charge on any atom is -0.497 e. The zero-order valence-electron chi connectivity index (χ0n) is 16.0. The van der Waals surface area contributed by atoms with E-state index in [0.717, 1.165) is 50.8 Å². The SMILES string of the molecule is CCCNC(=O)CN1CCC2(O)CCCCC2C1c1ccc(OC)cc1. The summed E-state index contributed by atoms with van der Waals surface area (Å²) in [6.07, 6.45) is 5.83. The van der Waals surface area contributed by atoms with E-state index in [1.807, 2.05) is 12.1 Å². The first-order valence-electron chi connectivity index (χ1n) is 9.94. The number of methoxy groups -OCH3 is 1. The van der Waals surface area contributed by atoms with Gasteiger partial charge in [0.25, 0.3) is 0 Å². The Hall–Kier alpha value is -1.59. The van der Waals surface area contributed by atoms with E-state index >= 15 is 0 Å². The van der Waals surface area contributed by atoms with E-state index in [2.05, 4.69) is 29.3 Å². The Morgan fingerprint density at radius 2 is 2.08 bits per heavy atom. The number of piperidine rings is 1. The molecule has 0 spiro atoms. The van der Waals surface area contributed by atoms with Crippen molar-refractivity contribution in [1.82, 2.24) is 10.2 Å². The van der Waals surface area contributed by atoms with Gasteiger partial charge in [-0.25, -0.2) is 0 Å². The second-order valence-corrected chi connectivity index (χ2v) is 7.74. The molecule has 3 unspecified atom stereocenters. The Kier molecular flexibility index (Phi) is 6.20. The van der Waals surface area contributed by atoms with Crippen LogP contribution in [0.1, 0.15) is 57.1 Å². The first kappa shape index (κ1) is 19.2. The molecule has 1 aliphatic heterocycles. The van der Waals surface area contributed by atoms with E-state index in [1.54, 1.807) is 7.11 Å². The largest absolute Gasteiger partial charge is 0.497 e. The Morgan fingerprint density at radius 1 is 1.31 bits per heavy atom. The molecule has 144 valence electrons. The number of likely N-dealkylation sites (tertiary alicyclic amines) is 1. The molecule has 1 saturated carbocycles. The number of carbonyl (C=O) groups excluding carboxylic acids is 1. The number of carbonyl (C=O) groups is 1. The Labute approximate surface area is 156 Å². The first-order valence-corrected chi connectivity index (χ1v) is 9.94. The second kappa shape index (κ2) is 8.40. The molecule has 0 aromatic heterocycles. The normalized spacial score (nSPS) is 29.0. The molecule has 2 aliphatic rings. The predicted octanol–water partition coefficient (Wildman–Crippen LogP) is 2.89. The number of nitrogens with one attached hydrogen (secondary N) is 1. The Morgan fingerprint density at radius 3 is 2.77 bits per heavy atom. The number of amides is 1. The van der Waals surface area contributed by atoms with Crippen molar-refractivity contribution in [3.05, 3.63) is 29.8 Å². The predicted molar refractivity (Wildman–Crippen MR) is 102 cm³/mol. The van der Waals surface area contributed by atoms with Crippen LogP contribution in [0.25, 0.3) is 0 Å². The summed E-state index contributed by atoms with van der Waals surface area (Å²) in [5, 5.41) is 14.3. The van der Waals surface area contributed by atoms with E-state index in [1.165, 1.54) is 5.56 Å². The molecule has 2 fully saturated rings. The van der Waals surface area contributed by atoms with Gasteiger partial charge in [0, 0.05) is 25.0 Å². The van der Waals surface area contributed by atoms with Crippen molar-refractivity contribution in [2.75, 3.05) is 26.7 Å². The maximum atomic E-state index is 12.4. The highest BCUT2D eigenvalue weighted by Gasteiger charge is 2.49. The van der Waals surface area contributed by atoms with Gasteiger partial charge in [-0.3, -0.25) is 9.69 Å². The number of aliphatic hydroxyl groups is 1. The lowest BCUT2D eigenvalue weighted by atomic mass is 9.66.